The number of ether oxygens (including phenoxy) is 1. The van der Waals surface area contributed by atoms with E-state index in [2.05, 4.69) is 17.6 Å². The smallest absolute Gasteiger partial charge is 0.319 e. The molecule has 1 saturated heterocycles. The summed E-state index contributed by atoms with van der Waals surface area (Å²) in [5, 5.41) is 5.80. The number of urea groups is 1. The molecule has 1 aliphatic rings. The van der Waals surface area contributed by atoms with Crippen LogP contribution < -0.4 is 10.6 Å². The fourth-order valence-corrected chi connectivity index (χ4v) is 3.00. The van der Waals surface area contributed by atoms with Gasteiger partial charge >= 0.3 is 6.03 Å². The lowest BCUT2D eigenvalue weighted by Gasteiger charge is -2.12. The minimum absolute atomic E-state index is 0.146. The number of hydrogen-bond donors (Lipinski definition) is 2. The molecule has 0 radical (unpaired) electrons. The molecule has 0 unspecified atom stereocenters. The van der Waals surface area contributed by atoms with Gasteiger partial charge in [-0.2, -0.15) is 0 Å². The maximum absolute atomic E-state index is 11.9. The average Bonchev–Trinajstić information content (AvgIpc) is 2.94. The van der Waals surface area contributed by atoms with Crippen LogP contribution in [0.5, 0.6) is 0 Å². The van der Waals surface area contributed by atoms with Gasteiger partial charge in [0, 0.05) is 18.0 Å². The summed E-state index contributed by atoms with van der Waals surface area (Å²) in [6.45, 7) is 3.61. The quantitative estimate of drug-likeness (QED) is 0.790. The summed E-state index contributed by atoms with van der Waals surface area (Å²) >= 11 is 1.73. The highest BCUT2D eigenvalue weighted by Crippen LogP contribution is 2.26. The summed E-state index contributed by atoms with van der Waals surface area (Å²) in [7, 11) is 0. The van der Waals surface area contributed by atoms with E-state index in [4.69, 9.17) is 4.74 Å². The topological polar surface area (TPSA) is 50.4 Å². The third kappa shape index (κ3) is 4.72. The molecule has 2 amide bonds. The van der Waals surface area contributed by atoms with Crippen LogP contribution in [-0.2, 0) is 4.74 Å². The number of carbonyl (C=O) groups is 1. The molecule has 0 aromatic heterocycles. The van der Waals surface area contributed by atoms with Gasteiger partial charge in [0.15, 0.2) is 0 Å². The lowest BCUT2D eigenvalue weighted by Crippen LogP contribution is -2.31. The first kappa shape index (κ1) is 15.2. The van der Waals surface area contributed by atoms with Crippen molar-refractivity contribution < 1.29 is 9.53 Å². The van der Waals surface area contributed by atoms with Crippen molar-refractivity contribution in [3.8, 4) is 0 Å². The van der Waals surface area contributed by atoms with Crippen molar-refractivity contribution in [1.82, 2.24) is 5.32 Å². The minimum Gasteiger partial charge on any atom is -0.378 e. The van der Waals surface area contributed by atoms with E-state index in [1.165, 1.54) is 0 Å². The van der Waals surface area contributed by atoms with Crippen molar-refractivity contribution >= 4 is 23.5 Å². The zero-order valence-corrected chi connectivity index (χ0v) is 12.7. The Labute approximate surface area is 124 Å². The first-order chi connectivity index (χ1) is 9.79. The van der Waals surface area contributed by atoms with Gasteiger partial charge in [0.25, 0.3) is 0 Å². The van der Waals surface area contributed by atoms with E-state index in [1.807, 2.05) is 24.3 Å². The van der Waals surface area contributed by atoms with Gasteiger partial charge in [-0.3, -0.25) is 0 Å². The van der Waals surface area contributed by atoms with Crippen LogP contribution in [0.15, 0.2) is 29.2 Å². The van der Waals surface area contributed by atoms with Crippen molar-refractivity contribution in [2.24, 2.45) is 0 Å². The molecular formula is C15H22N2O2S. The molecule has 0 bridgehead atoms. The van der Waals surface area contributed by atoms with Crippen LogP contribution in [0, 0.1) is 0 Å². The highest BCUT2D eigenvalue weighted by molar-refractivity contribution is 7.99. The number of amides is 2. The second-order valence-corrected chi connectivity index (χ2v) is 6.04. The van der Waals surface area contributed by atoms with Crippen LogP contribution in [0.1, 0.15) is 26.2 Å². The first-order valence-electron chi connectivity index (χ1n) is 7.18. The molecular weight excluding hydrogens is 272 g/mol. The number of para-hydroxylation sites is 1. The van der Waals surface area contributed by atoms with Crippen LogP contribution in [0.2, 0.25) is 0 Å². The molecule has 0 aliphatic carbocycles. The minimum atomic E-state index is -0.146. The normalized spacial score (nSPS) is 17.9. The Balaban J connectivity index is 1.75. The molecule has 1 fully saturated rings. The summed E-state index contributed by atoms with van der Waals surface area (Å²) in [4.78, 5) is 13.0. The SMILES string of the molecule is CCSc1ccccc1NC(=O)NCC[C@@H]1CCCO1. The number of carbonyl (C=O) groups excluding carboxylic acids is 1. The van der Waals surface area contributed by atoms with E-state index >= 15 is 0 Å². The highest BCUT2D eigenvalue weighted by Gasteiger charge is 2.15. The zero-order valence-electron chi connectivity index (χ0n) is 11.9. The largest absolute Gasteiger partial charge is 0.378 e. The van der Waals surface area contributed by atoms with Crippen LogP contribution in [0.4, 0.5) is 10.5 Å². The Morgan fingerprint density at radius 2 is 2.30 bits per heavy atom. The molecule has 1 aromatic rings. The summed E-state index contributed by atoms with van der Waals surface area (Å²) < 4.78 is 5.53. The second kappa shape index (κ2) is 8.17. The van der Waals surface area contributed by atoms with Crippen molar-refractivity contribution in [2.45, 2.75) is 37.2 Å². The molecule has 1 aliphatic heterocycles. The third-order valence-corrected chi connectivity index (χ3v) is 4.17. The Kier molecular flexibility index (Phi) is 6.21. The lowest BCUT2D eigenvalue weighted by atomic mass is 10.2. The van der Waals surface area contributed by atoms with E-state index in [9.17, 15) is 4.79 Å². The number of benzene rings is 1. The van der Waals surface area contributed by atoms with E-state index in [1.54, 1.807) is 11.8 Å². The summed E-state index contributed by atoms with van der Waals surface area (Å²) in [6.07, 6.45) is 3.45. The Morgan fingerprint density at radius 1 is 1.45 bits per heavy atom. The van der Waals surface area contributed by atoms with Crippen molar-refractivity contribution in [1.29, 1.82) is 0 Å². The molecule has 0 saturated carbocycles. The third-order valence-electron chi connectivity index (χ3n) is 3.21. The van der Waals surface area contributed by atoms with Gasteiger partial charge in [-0.15, -0.1) is 11.8 Å². The number of anilines is 1. The average molecular weight is 294 g/mol. The van der Waals surface area contributed by atoms with Crippen LogP contribution in [-0.4, -0.2) is 31.0 Å². The summed E-state index contributed by atoms with van der Waals surface area (Å²) in [5.41, 5.74) is 0.869. The Morgan fingerprint density at radius 3 is 3.05 bits per heavy atom. The Hall–Kier alpha value is -1.20. The number of thioether (sulfide) groups is 1. The molecule has 2 N–H and O–H groups in total. The van der Waals surface area contributed by atoms with Crippen molar-refractivity contribution in [3.63, 3.8) is 0 Å². The van der Waals surface area contributed by atoms with Crippen molar-refractivity contribution in [2.75, 3.05) is 24.2 Å². The molecule has 0 spiro atoms. The fourth-order valence-electron chi connectivity index (χ4n) is 2.24. The predicted molar refractivity (Wildman–Crippen MR) is 83.5 cm³/mol. The van der Waals surface area contributed by atoms with Gasteiger partial charge in [0.1, 0.15) is 0 Å². The number of nitrogens with one attached hydrogen (secondary N) is 2. The van der Waals surface area contributed by atoms with Crippen molar-refractivity contribution in [3.05, 3.63) is 24.3 Å². The second-order valence-electron chi connectivity index (χ2n) is 4.73. The molecule has 110 valence electrons. The number of rotatable bonds is 6. The number of hydrogen-bond acceptors (Lipinski definition) is 3. The standard InChI is InChI=1S/C15H22N2O2S/c1-2-20-14-8-4-3-7-13(14)17-15(18)16-10-9-12-6-5-11-19-12/h3-4,7-8,12H,2,5-6,9-11H2,1H3,(H2,16,17,18)/t12-/m0/s1. The van der Waals surface area contributed by atoms with Crippen LogP contribution in [0.25, 0.3) is 0 Å². The zero-order chi connectivity index (χ0) is 14.2. The monoisotopic (exact) mass is 294 g/mol. The summed E-state index contributed by atoms with van der Waals surface area (Å²) in [5.74, 6) is 0.985. The van der Waals surface area contributed by atoms with E-state index in [0.717, 1.165) is 42.2 Å². The van der Waals surface area contributed by atoms with E-state index in [-0.39, 0.29) is 6.03 Å². The molecule has 1 atom stereocenters. The molecule has 2 rings (SSSR count). The van der Waals surface area contributed by atoms with Gasteiger partial charge in [-0.25, -0.2) is 4.79 Å². The van der Waals surface area contributed by atoms with Gasteiger partial charge in [-0.05, 0) is 37.1 Å². The van der Waals surface area contributed by atoms with E-state index in [0.29, 0.717) is 12.6 Å². The first-order valence-corrected chi connectivity index (χ1v) is 8.16. The molecule has 1 heterocycles. The van der Waals surface area contributed by atoms with Gasteiger partial charge < -0.3 is 15.4 Å². The van der Waals surface area contributed by atoms with E-state index < -0.39 is 0 Å². The molecule has 1 aromatic carbocycles. The maximum Gasteiger partial charge on any atom is 0.319 e. The van der Waals surface area contributed by atoms with Crippen LogP contribution in [0.3, 0.4) is 0 Å². The molecule has 4 nitrogen and oxygen atoms in total. The molecule has 20 heavy (non-hydrogen) atoms. The lowest BCUT2D eigenvalue weighted by molar-refractivity contribution is 0.105. The fraction of sp³-hybridized carbons (Fsp3) is 0.533. The predicted octanol–water partition coefficient (Wildman–Crippen LogP) is 3.49. The van der Waals surface area contributed by atoms with Crippen LogP contribution >= 0.6 is 11.8 Å². The van der Waals surface area contributed by atoms with Gasteiger partial charge in [-0.1, -0.05) is 19.1 Å². The van der Waals surface area contributed by atoms with Gasteiger partial charge in [0.05, 0.1) is 11.8 Å². The Bertz CT molecular complexity index is 434. The highest BCUT2D eigenvalue weighted by atomic mass is 32.2. The maximum atomic E-state index is 11.9. The summed E-state index contributed by atoms with van der Waals surface area (Å²) in [6, 6.07) is 7.72. The molecule has 5 heteroatoms. The van der Waals surface area contributed by atoms with Gasteiger partial charge in [0.2, 0.25) is 0 Å².